The molecule has 1 aliphatic heterocycles. The fourth-order valence-electron chi connectivity index (χ4n) is 2.07. The molecule has 0 aromatic heterocycles. The molecule has 1 saturated heterocycles. The van der Waals surface area contributed by atoms with Gasteiger partial charge in [0.05, 0.1) is 20.3 Å². The van der Waals surface area contributed by atoms with Crippen LogP contribution in [0.4, 0.5) is 0 Å². The highest BCUT2D eigenvalue weighted by Gasteiger charge is 2.41. The molecule has 5 heteroatoms. The Balaban J connectivity index is 2.00. The summed E-state index contributed by atoms with van der Waals surface area (Å²) in [5.41, 5.74) is 0.986. The summed E-state index contributed by atoms with van der Waals surface area (Å²) in [5.74, 6) is -1.15. The number of carbonyl (C=O) groups excluding carboxylic acids is 1. The van der Waals surface area contributed by atoms with Crippen molar-refractivity contribution >= 4 is 5.97 Å². The maximum absolute atomic E-state index is 11.8. The van der Waals surface area contributed by atoms with Gasteiger partial charge in [-0.3, -0.25) is 0 Å². The van der Waals surface area contributed by atoms with Gasteiger partial charge in [0.25, 0.3) is 0 Å². The molecule has 0 unspecified atom stereocenters. The van der Waals surface area contributed by atoms with Gasteiger partial charge in [-0.2, -0.15) is 0 Å². The first-order chi connectivity index (χ1) is 9.52. The Labute approximate surface area is 118 Å². The van der Waals surface area contributed by atoms with E-state index in [0.717, 1.165) is 5.56 Å². The number of esters is 1. The van der Waals surface area contributed by atoms with Crippen LogP contribution in [0.25, 0.3) is 0 Å². The van der Waals surface area contributed by atoms with Gasteiger partial charge in [0.1, 0.15) is 6.10 Å². The van der Waals surface area contributed by atoms with Gasteiger partial charge < -0.3 is 18.9 Å². The molecule has 20 heavy (non-hydrogen) atoms. The van der Waals surface area contributed by atoms with Crippen LogP contribution in [0.5, 0.6) is 0 Å². The Morgan fingerprint density at radius 1 is 1.40 bits per heavy atom. The zero-order chi connectivity index (χ0) is 14.6. The molecule has 0 N–H and O–H groups in total. The summed E-state index contributed by atoms with van der Waals surface area (Å²) in [5, 5.41) is 0. The Bertz CT molecular complexity index is 443. The van der Waals surface area contributed by atoms with E-state index in [9.17, 15) is 4.79 Å². The van der Waals surface area contributed by atoms with Crippen molar-refractivity contribution in [1.29, 1.82) is 0 Å². The molecular formula is C15H20O5. The summed E-state index contributed by atoms with van der Waals surface area (Å²) < 4.78 is 21.6. The molecule has 2 atom stereocenters. The number of hydrogen-bond donors (Lipinski definition) is 0. The van der Waals surface area contributed by atoms with Crippen LogP contribution in [0.1, 0.15) is 19.4 Å². The van der Waals surface area contributed by atoms with Gasteiger partial charge in [0.2, 0.25) is 0 Å². The van der Waals surface area contributed by atoms with Crippen LogP contribution in [0.15, 0.2) is 30.3 Å². The van der Waals surface area contributed by atoms with E-state index >= 15 is 0 Å². The molecule has 0 radical (unpaired) electrons. The van der Waals surface area contributed by atoms with Crippen LogP contribution in [0.2, 0.25) is 0 Å². The summed E-state index contributed by atoms with van der Waals surface area (Å²) in [7, 11) is 1.34. The highest BCUT2D eigenvalue weighted by Crippen LogP contribution is 2.26. The van der Waals surface area contributed by atoms with Gasteiger partial charge >= 0.3 is 5.97 Å². The average molecular weight is 280 g/mol. The third kappa shape index (κ3) is 3.79. The number of carbonyl (C=O) groups is 1. The molecule has 0 spiro atoms. The van der Waals surface area contributed by atoms with Gasteiger partial charge in [0, 0.05) is 0 Å². The minimum atomic E-state index is -0.790. The molecule has 0 saturated carbocycles. The maximum atomic E-state index is 11.8. The topological polar surface area (TPSA) is 54.0 Å². The molecule has 110 valence electrons. The third-order valence-electron chi connectivity index (χ3n) is 3.07. The lowest BCUT2D eigenvalue weighted by Crippen LogP contribution is -2.40. The molecule has 1 aromatic carbocycles. The van der Waals surface area contributed by atoms with E-state index < -0.39 is 24.0 Å². The van der Waals surface area contributed by atoms with E-state index in [2.05, 4.69) is 0 Å². The van der Waals surface area contributed by atoms with Crippen molar-refractivity contribution in [2.24, 2.45) is 0 Å². The van der Waals surface area contributed by atoms with Crippen molar-refractivity contribution in [3.8, 4) is 0 Å². The van der Waals surface area contributed by atoms with E-state index in [1.807, 2.05) is 30.3 Å². The summed E-state index contributed by atoms with van der Waals surface area (Å²) in [6, 6.07) is 9.64. The minimum absolute atomic E-state index is 0.307. The number of hydrogen-bond acceptors (Lipinski definition) is 5. The number of benzene rings is 1. The Morgan fingerprint density at radius 3 is 2.65 bits per heavy atom. The molecule has 1 heterocycles. The van der Waals surface area contributed by atoms with Gasteiger partial charge in [-0.25, -0.2) is 4.79 Å². The van der Waals surface area contributed by atoms with Crippen molar-refractivity contribution in [2.45, 2.75) is 38.4 Å². The lowest BCUT2D eigenvalue weighted by molar-refractivity contribution is -0.178. The predicted molar refractivity (Wildman–Crippen MR) is 71.9 cm³/mol. The predicted octanol–water partition coefficient (Wildman–Crippen LogP) is 1.90. The van der Waals surface area contributed by atoms with Crippen LogP contribution < -0.4 is 0 Å². The van der Waals surface area contributed by atoms with E-state index in [-0.39, 0.29) is 0 Å². The van der Waals surface area contributed by atoms with Crippen LogP contribution in [0, 0.1) is 0 Å². The molecule has 0 amide bonds. The van der Waals surface area contributed by atoms with Gasteiger partial charge in [-0.1, -0.05) is 30.3 Å². The van der Waals surface area contributed by atoms with Gasteiger partial charge in [-0.15, -0.1) is 0 Å². The van der Waals surface area contributed by atoms with Crippen LogP contribution >= 0.6 is 0 Å². The summed E-state index contributed by atoms with van der Waals surface area (Å²) >= 11 is 0. The van der Waals surface area contributed by atoms with Crippen LogP contribution in [-0.4, -0.2) is 37.7 Å². The fourth-order valence-corrected chi connectivity index (χ4v) is 2.07. The first-order valence-electron chi connectivity index (χ1n) is 6.57. The zero-order valence-corrected chi connectivity index (χ0v) is 12.0. The van der Waals surface area contributed by atoms with Crippen molar-refractivity contribution in [2.75, 3.05) is 13.7 Å². The molecule has 0 aliphatic carbocycles. The second-order valence-electron chi connectivity index (χ2n) is 5.11. The first-order valence-corrected chi connectivity index (χ1v) is 6.57. The largest absolute Gasteiger partial charge is 0.467 e. The number of ether oxygens (including phenoxy) is 4. The van der Waals surface area contributed by atoms with Crippen LogP contribution in [0.3, 0.4) is 0 Å². The smallest absolute Gasteiger partial charge is 0.337 e. The molecule has 2 rings (SSSR count). The second kappa shape index (κ2) is 6.35. The second-order valence-corrected chi connectivity index (χ2v) is 5.11. The molecule has 1 aromatic rings. The Hall–Kier alpha value is -1.43. The Morgan fingerprint density at radius 2 is 2.10 bits per heavy atom. The van der Waals surface area contributed by atoms with Crippen molar-refractivity contribution in [1.82, 2.24) is 0 Å². The standard InChI is InChI=1S/C15H20O5/c1-15(2)19-10-12(20-15)13(14(16)17-3)18-9-11-7-5-4-6-8-11/h4-8,12-13H,9-10H2,1-3H3/t12-,13-/m0/s1. The number of rotatable bonds is 5. The first kappa shape index (κ1) is 15.0. The molecule has 5 nitrogen and oxygen atoms in total. The maximum Gasteiger partial charge on any atom is 0.337 e. The lowest BCUT2D eigenvalue weighted by Gasteiger charge is -2.22. The van der Waals surface area contributed by atoms with Crippen molar-refractivity contribution in [3.63, 3.8) is 0 Å². The highest BCUT2D eigenvalue weighted by atomic mass is 16.8. The quantitative estimate of drug-likeness (QED) is 0.771. The van der Waals surface area contributed by atoms with Crippen LogP contribution in [-0.2, 0) is 30.3 Å². The minimum Gasteiger partial charge on any atom is -0.467 e. The molecule has 1 fully saturated rings. The SMILES string of the molecule is COC(=O)[C@@H](OCc1ccccc1)[C@@H]1COC(C)(C)O1. The van der Waals surface area contributed by atoms with E-state index in [1.165, 1.54) is 7.11 Å². The van der Waals surface area contributed by atoms with E-state index in [4.69, 9.17) is 18.9 Å². The summed E-state index contributed by atoms with van der Waals surface area (Å²) in [4.78, 5) is 11.8. The van der Waals surface area contributed by atoms with E-state index in [1.54, 1.807) is 13.8 Å². The van der Waals surface area contributed by atoms with E-state index in [0.29, 0.717) is 13.2 Å². The molecule has 0 bridgehead atoms. The zero-order valence-electron chi connectivity index (χ0n) is 12.0. The molecular weight excluding hydrogens is 260 g/mol. The summed E-state index contributed by atoms with van der Waals surface area (Å²) in [6.45, 7) is 4.24. The monoisotopic (exact) mass is 280 g/mol. The van der Waals surface area contributed by atoms with Crippen molar-refractivity contribution in [3.05, 3.63) is 35.9 Å². The highest BCUT2D eigenvalue weighted by molar-refractivity contribution is 5.75. The average Bonchev–Trinajstić information content (AvgIpc) is 2.80. The van der Waals surface area contributed by atoms with Gasteiger partial charge in [-0.05, 0) is 19.4 Å². The normalized spacial score (nSPS) is 22.4. The lowest BCUT2D eigenvalue weighted by atomic mass is 10.2. The number of methoxy groups -OCH3 is 1. The summed E-state index contributed by atoms with van der Waals surface area (Å²) in [6.07, 6.45) is -1.25. The van der Waals surface area contributed by atoms with Gasteiger partial charge in [0.15, 0.2) is 11.9 Å². The Kier molecular flexibility index (Phi) is 4.75. The third-order valence-corrected chi connectivity index (χ3v) is 3.07. The molecule has 1 aliphatic rings. The fraction of sp³-hybridized carbons (Fsp3) is 0.533. The van der Waals surface area contributed by atoms with Crippen molar-refractivity contribution < 1.29 is 23.7 Å².